The first kappa shape index (κ1) is 18.6. The molecule has 0 spiro atoms. The van der Waals surface area contributed by atoms with Crippen molar-refractivity contribution in [2.45, 2.75) is 26.5 Å². The fraction of sp³-hybridized carbons (Fsp3) is 0.300. The Kier molecular flexibility index (Phi) is 4.68. The van der Waals surface area contributed by atoms with E-state index < -0.39 is 0 Å². The summed E-state index contributed by atoms with van der Waals surface area (Å²) in [5.41, 5.74) is 7.95. The smallest absolute Gasteiger partial charge is 0.259 e. The molecule has 148 valence electrons. The van der Waals surface area contributed by atoms with Gasteiger partial charge in [0.1, 0.15) is 23.2 Å². The summed E-state index contributed by atoms with van der Waals surface area (Å²) in [6.07, 6.45) is 1.42. The van der Waals surface area contributed by atoms with Crippen LogP contribution in [0.3, 0.4) is 0 Å². The van der Waals surface area contributed by atoms with Crippen LogP contribution in [0.25, 0.3) is 10.5 Å². The zero-order valence-electron chi connectivity index (χ0n) is 16.2. The van der Waals surface area contributed by atoms with E-state index in [0.717, 1.165) is 5.56 Å². The summed E-state index contributed by atoms with van der Waals surface area (Å²) < 4.78 is 7.58. The molecule has 0 aliphatic carbocycles. The van der Waals surface area contributed by atoms with Crippen molar-refractivity contribution >= 4 is 28.9 Å². The van der Waals surface area contributed by atoms with Gasteiger partial charge in [-0.1, -0.05) is 12.1 Å². The number of nitrogens with zero attached hydrogens (tertiary/aromatic N) is 5. The van der Waals surface area contributed by atoms with Crippen molar-refractivity contribution in [2.75, 3.05) is 23.7 Å². The fourth-order valence-corrected chi connectivity index (χ4v) is 3.39. The summed E-state index contributed by atoms with van der Waals surface area (Å²) in [7, 11) is 0. The van der Waals surface area contributed by atoms with Crippen LogP contribution in [0.1, 0.15) is 29.8 Å². The van der Waals surface area contributed by atoms with Crippen LogP contribution in [0.2, 0.25) is 0 Å². The van der Waals surface area contributed by atoms with E-state index in [2.05, 4.69) is 20.2 Å². The molecular formula is C20H21N7O2. The van der Waals surface area contributed by atoms with Crippen LogP contribution in [-0.4, -0.2) is 39.7 Å². The van der Waals surface area contributed by atoms with E-state index in [1.807, 2.05) is 30.9 Å². The summed E-state index contributed by atoms with van der Waals surface area (Å²) in [6.45, 7) is 12.8. The number of fused-ring (bicyclic) bond motifs is 2. The number of anilines is 2. The molecule has 1 aromatic carbocycles. The molecule has 4 rings (SSSR count). The van der Waals surface area contributed by atoms with Crippen LogP contribution in [0, 0.1) is 6.57 Å². The Labute approximate surface area is 167 Å². The molecule has 3 N–H and O–H groups in total. The Morgan fingerprint density at radius 3 is 3.00 bits per heavy atom. The average Bonchev–Trinajstić information content (AvgIpc) is 3.05. The summed E-state index contributed by atoms with van der Waals surface area (Å²) in [4.78, 5) is 23.1. The molecule has 1 atom stereocenters. The molecule has 3 aromatic rings. The first-order valence-electron chi connectivity index (χ1n) is 9.35. The lowest BCUT2D eigenvalue weighted by atomic mass is 10.1. The van der Waals surface area contributed by atoms with Gasteiger partial charge >= 0.3 is 0 Å². The highest BCUT2D eigenvalue weighted by molar-refractivity contribution is 6.04. The van der Waals surface area contributed by atoms with Crippen molar-refractivity contribution in [3.63, 3.8) is 0 Å². The Balaban J connectivity index is 1.90. The van der Waals surface area contributed by atoms with E-state index in [4.69, 9.17) is 17.0 Å². The topological polar surface area (TPSA) is 102 Å². The van der Waals surface area contributed by atoms with Gasteiger partial charge in [-0.25, -0.2) is 14.3 Å². The minimum atomic E-state index is -0.352. The molecule has 3 heterocycles. The van der Waals surface area contributed by atoms with E-state index in [1.165, 1.54) is 4.52 Å². The third kappa shape index (κ3) is 3.29. The maximum Gasteiger partial charge on any atom is 0.259 e. The van der Waals surface area contributed by atoms with Gasteiger partial charge in [-0.15, -0.1) is 5.10 Å². The number of nitrogens with one attached hydrogen (secondary N) is 1. The van der Waals surface area contributed by atoms with Crippen LogP contribution in [0.4, 0.5) is 17.3 Å². The summed E-state index contributed by atoms with van der Waals surface area (Å²) in [6, 6.07) is 7.24. The average molecular weight is 391 g/mol. The van der Waals surface area contributed by atoms with E-state index in [9.17, 15) is 4.79 Å². The first-order chi connectivity index (χ1) is 14.0. The second kappa shape index (κ2) is 7.31. The molecule has 2 aromatic heterocycles. The number of aromatic nitrogens is 3. The van der Waals surface area contributed by atoms with Gasteiger partial charge in [-0.2, -0.15) is 0 Å². The number of benzene rings is 1. The lowest BCUT2D eigenvalue weighted by molar-refractivity contribution is 0.0934. The van der Waals surface area contributed by atoms with Gasteiger partial charge in [0.05, 0.1) is 13.1 Å². The number of nitrogen functional groups attached to an aromatic ring is 1. The predicted molar refractivity (Wildman–Crippen MR) is 109 cm³/mol. The highest BCUT2D eigenvalue weighted by Crippen LogP contribution is 2.32. The van der Waals surface area contributed by atoms with Crippen molar-refractivity contribution in [1.82, 2.24) is 19.9 Å². The highest BCUT2D eigenvalue weighted by Gasteiger charge is 2.23. The normalized spacial score (nSPS) is 16.8. The summed E-state index contributed by atoms with van der Waals surface area (Å²) in [5, 5.41) is 7.03. The zero-order valence-corrected chi connectivity index (χ0v) is 16.2. The van der Waals surface area contributed by atoms with Gasteiger partial charge in [-0.3, -0.25) is 4.79 Å². The molecule has 0 saturated heterocycles. The molecule has 1 aliphatic rings. The van der Waals surface area contributed by atoms with E-state index in [1.54, 1.807) is 18.3 Å². The summed E-state index contributed by atoms with van der Waals surface area (Å²) in [5.74, 6) is 1.06. The molecule has 0 saturated carbocycles. The van der Waals surface area contributed by atoms with Crippen molar-refractivity contribution in [2.24, 2.45) is 0 Å². The Morgan fingerprint density at radius 2 is 2.24 bits per heavy atom. The Morgan fingerprint density at radius 1 is 1.41 bits per heavy atom. The molecule has 0 unspecified atom stereocenters. The van der Waals surface area contributed by atoms with Gasteiger partial charge < -0.3 is 20.7 Å². The third-order valence-electron chi connectivity index (χ3n) is 4.89. The molecule has 0 fully saturated rings. The van der Waals surface area contributed by atoms with E-state index in [0.29, 0.717) is 36.0 Å². The van der Waals surface area contributed by atoms with Crippen molar-refractivity contribution in [1.29, 1.82) is 0 Å². The second-order valence-electron chi connectivity index (χ2n) is 6.83. The van der Waals surface area contributed by atoms with Crippen molar-refractivity contribution in [3.8, 4) is 5.75 Å². The number of rotatable bonds is 1. The van der Waals surface area contributed by atoms with Gasteiger partial charge in [-0.05, 0) is 26.0 Å². The monoisotopic (exact) mass is 391 g/mol. The minimum Gasteiger partial charge on any atom is -0.490 e. The van der Waals surface area contributed by atoms with Crippen LogP contribution in [0.5, 0.6) is 5.75 Å². The van der Waals surface area contributed by atoms with Crippen LogP contribution < -0.4 is 20.7 Å². The number of carbonyl (C=O) groups excluding carboxylic acids is 1. The number of amides is 1. The maximum atomic E-state index is 12.8. The SMILES string of the molecule is [C-]#[N+]c1cccc2c1CN(CC)c1ccn3nc(N)c(c3n1)C(=O)NC[C@H](C)O2. The molecule has 29 heavy (non-hydrogen) atoms. The van der Waals surface area contributed by atoms with Crippen LogP contribution >= 0.6 is 0 Å². The first-order valence-corrected chi connectivity index (χ1v) is 9.35. The lowest BCUT2D eigenvalue weighted by Gasteiger charge is -2.25. The molecule has 1 aliphatic heterocycles. The van der Waals surface area contributed by atoms with Crippen LogP contribution in [-0.2, 0) is 6.54 Å². The van der Waals surface area contributed by atoms with Gasteiger partial charge in [0.25, 0.3) is 5.91 Å². The lowest BCUT2D eigenvalue weighted by Crippen LogP contribution is -2.34. The van der Waals surface area contributed by atoms with Crippen molar-refractivity contribution < 1.29 is 9.53 Å². The molecular weight excluding hydrogens is 370 g/mol. The van der Waals surface area contributed by atoms with Gasteiger partial charge in [0.15, 0.2) is 17.2 Å². The maximum absolute atomic E-state index is 12.8. The quantitative estimate of drug-likeness (QED) is 0.618. The molecule has 9 heteroatoms. The second-order valence-corrected chi connectivity index (χ2v) is 6.83. The molecule has 0 radical (unpaired) electrons. The van der Waals surface area contributed by atoms with Crippen LogP contribution in [0.15, 0.2) is 30.5 Å². The van der Waals surface area contributed by atoms with Crippen molar-refractivity contribution in [3.05, 3.63) is 53.0 Å². The Bertz CT molecular complexity index is 1130. The number of carbonyl (C=O) groups is 1. The molecule has 2 bridgehead atoms. The number of nitrogens with two attached hydrogens (primary N) is 1. The fourth-order valence-electron chi connectivity index (χ4n) is 3.39. The standard InChI is InChI=1S/C20H21N7O2/c1-4-26-11-13-14(22-3)6-5-7-15(13)29-12(2)10-23-20(28)17-18(21)25-27-9-8-16(26)24-19(17)27/h5-9,12H,4,10-11H2,1-2H3,(H2,21,25)(H,23,28)/t12-/m0/s1. The largest absolute Gasteiger partial charge is 0.490 e. The Hall–Kier alpha value is -3.80. The molecule has 1 amide bonds. The zero-order chi connectivity index (χ0) is 20.5. The number of ether oxygens (including phenoxy) is 1. The molecule has 9 nitrogen and oxygen atoms in total. The third-order valence-corrected chi connectivity index (χ3v) is 4.89. The van der Waals surface area contributed by atoms with Gasteiger partial charge in [0.2, 0.25) is 0 Å². The predicted octanol–water partition coefficient (Wildman–Crippen LogP) is 2.40. The minimum absolute atomic E-state index is 0.122. The van der Waals surface area contributed by atoms with E-state index >= 15 is 0 Å². The number of hydrogen-bond donors (Lipinski definition) is 2. The summed E-state index contributed by atoms with van der Waals surface area (Å²) >= 11 is 0. The highest BCUT2D eigenvalue weighted by atomic mass is 16.5. The van der Waals surface area contributed by atoms with E-state index in [-0.39, 0.29) is 29.9 Å². The van der Waals surface area contributed by atoms with Gasteiger partial charge in [0, 0.05) is 24.8 Å². The number of hydrogen-bond acceptors (Lipinski definition) is 6.